The summed E-state index contributed by atoms with van der Waals surface area (Å²) in [4.78, 5) is 20.6. The minimum atomic E-state index is -0.111. The predicted molar refractivity (Wildman–Crippen MR) is 74.7 cm³/mol. The standard InChI is InChI=1S/C13H16ClN3O2/c1-9-13(18)17(7-3-4-8-19-2)12-11(16-9)10(14)5-6-15-12/h5-6H,3-4,7-8H2,1-2H3. The van der Waals surface area contributed by atoms with Crippen LogP contribution in [0.5, 0.6) is 0 Å². The second-order valence-corrected chi connectivity index (χ2v) is 4.73. The van der Waals surface area contributed by atoms with E-state index in [0.717, 1.165) is 12.8 Å². The van der Waals surface area contributed by atoms with Crippen LogP contribution in [0.25, 0.3) is 11.2 Å². The van der Waals surface area contributed by atoms with E-state index in [-0.39, 0.29) is 5.56 Å². The summed E-state index contributed by atoms with van der Waals surface area (Å²) in [6.07, 6.45) is 3.33. The maximum atomic E-state index is 12.1. The Labute approximate surface area is 116 Å². The molecule has 2 aromatic rings. The van der Waals surface area contributed by atoms with Crippen LogP contribution in [-0.4, -0.2) is 28.3 Å². The fourth-order valence-corrected chi connectivity index (χ4v) is 2.14. The zero-order valence-electron chi connectivity index (χ0n) is 11.0. The first-order valence-electron chi connectivity index (χ1n) is 6.15. The number of pyridine rings is 1. The van der Waals surface area contributed by atoms with E-state index in [1.807, 2.05) is 0 Å². The van der Waals surface area contributed by atoms with Crippen LogP contribution in [0.2, 0.25) is 5.02 Å². The predicted octanol–water partition coefficient (Wildman–Crippen LogP) is 2.18. The zero-order chi connectivity index (χ0) is 13.8. The summed E-state index contributed by atoms with van der Waals surface area (Å²) in [6, 6.07) is 1.68. The number of aromatic nitrogens is 3. The van der Waals surface area contributed by atoms with Gasteiger partial charge in [-0.2, -0.15) is 0 Å². The van der Waals surface area contributed by atoms with Gasteiger partial charge in [-0.1, -0.05) is 11.6 Å². The summed E-state index contributed by atoms with van der Waals surface area (Å²) < 4.78 is 6.64. The van der Waals surface area contributed by atoms with Crippen molar-refractivity contribution in [2.75, 3.05) is 13.7 Å². The van der Waals surface area contributed by atoms with E-state index in [1.54, 1.807) is 30.9 Å². The lowest BCUT2D eigenvalue weighted by atomic mass is 10.3. The molecule has 5 nitrogen and oxygen atoms in total. The highest BCUT2D eigenvalue weighted by Gasteiger charge is 2.11. The highest BCUT2D eigenvalue weighted by molar-refractivity contribution is 6.34. The Morgan fingerprint density at radius 2 is 2.21 bits per heavy atom. The lowest BCUT2D eigenvalue weighted by Gasteiger charge is -2.10. The number of aryl methyl sites for hydroxylation is 2. The summed E-state index contributed by atoms with van der Waals surface area (Å²) in [5.74, 6) is 0. The molecule has 0 aliphatic heterocycles. The Morgan fingerprint density at radius 3 is 2.95 bits per heavy atom. The highest BCUT2D eigenvalue weighted by atomic mass is 35.5. The summed E-state index contributed by atoms with van der Waals surface area (Å²) in [6.45, 7) is 2.97. The highest BCUT2D eigenvalue weighted by Crippen LogP contribution is 2.18. The van der Waals surface area contributed by atoms with E-state index in [2.05, 4.69) is 9.97 Å². The molecule has 0 aliphatic carbocycles. The van der Waals surface area contributed by atoms with Crippen LogP contribution in [0.4, 0.5) is 0 Å². The molecule has 0 aromatic carbocycles. The maximum Gasteiger partial charge on any atom is 0.273 e. The molecule has 6 heteroatoms. The maximum absolute atomic E-state index is 12.1. The number of hydrogen-bond acceptors (Lipinski definition) is 4. The van der Waals surface area contributed by atoms with Crippen molar-refractivity contribution in [3.8, 4) is 0 Å². The first-order valence-corrected chi connectivity index (χ1v) is 6.53. The number of rotatable bonds is 5. The number of nitrogens with zero attached hydrogens (tertiary/aromatic N) is 3. The van der Waals surface area contributed by atoms with E-state index in [4.69, 9.17) is 16.3 Å². The normalized spacial score (nSPS) is 11.1. The Bertz CT molecular complexity index is 640. The van der Waals surface area contributed by atoms with Crippen LogP contribution in [0.1, 0.15) is 18.5 Å². The Morgan fingerprint density at radius 1 is 1.42 bits per heavy atom. The number of fused-ring (bicyclic) bond motifs is 1. The monoisotopic (exact) mass is 281 g/mol. The molecule has 2 heterocycles. The summed E-state index contributed by atoms with van der Waals surface area (Å²) in [5, 5.41) is 0.513. The van der Waals surface area contributed by atoms with Crippen LogP contribution < -0.4 is 5.56 Å². The van der Waals surface area contributed by atoms with Crippen LogP contribution in [0, 0.1) is 6.92 Å². The Balaban J connectivity index is 2.43. The van der Waals surface area contributed by atoms with Crippen molar-refractivity contribution in [3.63, 3.8) is 0 Å². The van der Waals surface area contributed by atoms with Gasteiger partial charge in [0.2, 0.25) is 0 Å². The topological polar surface area (TPSA) is 57.0 Å². The number of ether oxygens (including phenoxy) is 1. The molecule has 0 bridgehead atoms. The van der Waals surface area contributed by atoms with E-state index >= 15 is 0 Å². The van der Waals surface area contributed by atoms with Crippen molar-refractivity contribution in [1.29, 1.82) is 0 Å². The van der Waals surface area contributed by atoms with Gasteiger partial charge in [0, 0.05) is 26.5 Å². The largest absolute Gasteiger partial charge is 0.385 e. The van der Waals surface area contributed by atoms with Crippen molar-refractivity contribution in [2.45, 2.75) is 26.3 Å². The summed E-state index contributed by atoms with van der Waals surface area (Å²) >= 11 is 6.10. The van der Waals surface area contributed by atoms with Gasteiger partial charge in [-0.05, 0) is 25.8 Å². The van der Waals surface area contributed by atoms with E-state index in [1.165, 1.54) is 0 Å². The second-order valence-electron chi connectivity index (χ2n) is 4.32. The molecular formula is C13H16ClN3O2. The van der Waals surface area contributed by atoms with E-state index in [9.17, 15) is 4.79 Å². The third kappa shape index (κ3) is 2.93. The van der Waals surface area contributed by atoms with Gasteiger partial charge in [0.1, 0.15) is 11.2 Å². The van der Waals surface area contributed by atoms with Crippen molar-refractivity contribution < 1.29 is 4.74 Å². The molecule has 0 spiro atoms. The molecule has 0 radical (unpaired) electrons. The average Bonchev–Trinajstić information content (AvgIpc) is 2.40. The van der Waals surface area contributed by atoms with Crippen molar-refractivity contribution in [2.24, 2.45) is 0 Å². The molecule has 0 saturated carbocycles. The quantitative estimate of drug-likeness (QED) is 0.788. The number of unbranched alkanes of at least 4 members (excludes halogenated alkanes) is 1. The molecule has 0 N–H and O–H groups in total. The van der Waals surface area contributed by atoms with Gasteiger partial charge in [0.25, 0.3) is 5.56 Å². The van der Waals surface area contributed by atoms with Gasteiger partial charge in [-0.25, -0.2) is 9.97 Å². The van der Waals surface area contributed by atoms with Gasteiger partial charge in [0.05, 0.1) is 5.02 Å². The van der Waals surface area contributed by atoms with Crippen molar-refractivity contribution >= 4 is 22.8 Å². The molecule has 0 fully saturated rings. The third-order valence-electron chi connectivity index (χ3n) is 2.93. The SMILES string of the molecule is COCCCCn1c(=O)c(C)nc2c(Cl)ccnc21. The van der Waals surface area contributed by atoms with E-state index < -0.39 is 0 Å². The molecule has 2 rings (SSSR count). The van der Waals surface area contributed by atoms with Crippen molar-refractivity contribution in [1.82, 2.24) is 14.5 Å². The van der Waals surface area contributed by atoms with Gasteiger partial charge in [-0.3, -0.25) is 9.36 Å². The fraction of sp³-hybridized carbons (Fsp3) is 0.462. The average molecular weight is 282 g/mol. The van der Waals surface area contributed by atoms with Crippen LogP contribution in [-0.2, 0) is 11.3 Å². The van der Waals surface area contributed by atoms with E-state index in [0.29, 0.717) is 35.0 Å². The molecule has 0 saturated heterocycles. The van der Waals surface area contributed by atoms with Crippen LogP contribution in [0.3, 0.4) is 0 Å². The third-order valence-corrected chi connectivity index (χ3v) is 3.23. The summed E-state index contributed by atoms with van der Waals surface area (Å²) in [5.41, 5.74) is 1.45. The Hall–Kier alpha value is -1.46. The molecule has 0 unspecified atom stereocenters. The number of halogens is 1. The molecule has 0 aliphatic rings. The molecule has 102 valence electrons. The minimum absolute atomic E-state index is 0.111. The molecule has 19 heavy (non-hydrogen) atoms. The Kier molecular flexibility index (Phi) is 4.50. The minimum Gasteiger partial charge on any atom is -0.385 e. The lowest BCUT2D eigenvalue weighted by molar-refractivity contribution is 0.191. The molecule has 0 amide bonds. The van der Waals surface area contributed by atoms with Gasteiger partial charge < -0.3 is 4.74 Å². The number of methoxy groups -OCH3 is 1. The molecular weight excluding hydrogens is 266 g/mol. The zero-order valence-corrected chi connectivity index (χ0v) is 11.8. The summed E-state index contributed by atoms with van der Waals surface area (Å²) in [7, 11) is 1.67. The van der Waals surface area contributed by atoms with Crippen molar-refractivity contribution in [3.05, 3.63) is 33.3 Å². The molecule has 0 atom stereocenters. The first-order chi connectivity index (χ1) is 9.15. The van der Waals surface area contributed by atoms with Gasteiger partial charge in [-0.15, -0.1) is 0 Å². The first kappa shape index (κ1) is 14.0. The van der Waals surface area contributed by atoms with Gasteiger partial charge >= 0.3 is 0 Å². The lowest BCUT2D eigenvalue weighted by Crippen LogP contribution is -2.25. The smallest absolute Gasteiger partial charge is 0.273 e. The second kappa shape index (κ2) is 6.12. The van der Waals surface area contributed by atoms with Crippen LogP contribution in [0.15, 0.2) is 17.1 Å². The van der Waals surface area contributed by atoms with Gasteiger partial charge in [0.15, 0.2) is 5.65 Å². The van der Waals surface area contributed by atoms with Crippen LogP contribution >= 0.6 is 11.6 Å². The molecule has 2 aromatic heterocycles. The fourth-order valence-electron chi connectivity index (χ4n) is 1.95. The number of hydrogen-bond donors (Lipinski definition) is 0.